The highest BCUT2D eigenvalue weighted by Gasteiger charge is 1.93. The lowest BCUT2D eigenvalue weighted by atomic mass is 10.4. The third-order valence-corrected chi connectivity index (χ3v) is 0.359. The molecule has 0 unspecified atom stereocenters. The van der Waals surface area contributed by atoms with Gasteiger partial charge >= 0.3 is 0 Å². The number of hydrogen-bond acceptors (Lipinski definition) is 3. The standard InChI is InChI=1S/C3H8O3/c4-1-3(6)2-5/h3-6H,1-2H2/i1D/t1-,3+/m1/s1. The van der Waals surface area contributed by atoms with E-state index in [0.29, 0.717) is 0 Å². The van der Waals surface area contributed by atoms with Crippen LogP contribution in [-0.2, 0) is 0 Å². The minimum atomic E-state index is -1.58. The van der Waals surface area contributed by atoms with Gasteiger partial charge in [-0.05, 0) is 0 Å². The van der Waals surface area contributed by atoms with E-state index in [1.165, 1.54) is 0 Å². The van der Waals surface area contributed by atoms with Gasteiger partial charge in [0.15, 0.2) is 0 Å². The fourth-order valence-corrected chi connectivity index (χ4v) is 0.0471. The summed E-state index contributed by atoms with van der Waals surface area (Å²) in [5.74, 6) is 0. The molecule has 0 saturated carbocycles. The summed E-state index contributed by atoms with van der Waals surface area (Å²) in [7, 11) is 0. The van der Waals surface area contributed by atoms with Crippen LogP contribution in [0.2, 0.25) is 0 Å². The molecular weight excluding hydrogens is 84.0 g/mol. The van der Waals surface area contributed by atoms with Crippen molar-refractivity contribution in [2.75, 3.05) is 13.2 Å². The summed E-state index contributed by atoms with van der Waals surface area (Å²) in [5, 5.41) is 24.3. The number of aliphatic hydroxyl groups is 3. The molecule has 0 rings (SSSR count). The Kier molecular flexibility index (Phi) is 2.08. The van der Waals surface area contributed by atoms with Crippen molar-refractivity contribution in [3.63, 3.8) is 0 Å². The summed E-state index contributed by atoms with van der Waals surface area (Å²) in [4.78, 5) is 0. The van der Waals surface area contributed by atoms with Crippen LogP contribution in [0, 0.1) is 0 Å². The van der Waals surface area contributed by atoms with Crippen molar-refractivity contribution < 1.29 is 16.7 Å². The van der Waals surface area contributed by atoms with E-state index in [0.717, 1.165) is 0 Å². The van der Waals surface area contributed by atoms with Gasteiger partial charge in [-0.25, -0.2) is 0 Å². The van der Waals surface area contributed by atoms with Crippen molar-refractivity contribution in [3.8, 4) is 0 Å². The zero-order valence-electron chi connectivity index (χ0n) is 4.20. The van der Waals surface area contributed by atoms with Gasteiger partial charge in [0.05, 0.1) is 14.6 Å². The Morgan fingerprint density at radius 3 is 2.17 bits per heavy atom. The summed E-state index contributed by atoms with van der Waals surface area (Å²) >= 11 is 0. The van der Waals surface area contributed by atoms with Crippen molar-refractivity contribution in [1.29, 1.82) is 0 Å². The van der Waals surface area contributed by atoms with Gasteiger partial charge in [-0.15, -0.1) is 0 Å². The fraction of sp³-hybridized carbons (Fsp3) is 1.00. The predicted molar refractivity (Wildman–Crippen MR) is 20.2 cm³/mol. The molecule has 0 spiro atoms. The number of aliphatic hydroxyl groups excluding tert-OH is 3. The molecule has 0 saturated heterocycles. The largest absolute Gasteiger partial charge is 0.394 e. The molecule has 0 heterocycles. The molecule has 6 heavy (non-hydrogen) atoms. The highest BCUT2D eigenvalue weighted by molar-refractivity contribution is 4.43. The maximum Gasteiger partial charge on any atom is 0.100 e. The Bertz CT molecular complexity index is 47.4. The average Bonchev–Trinajstić information content (AvgIpc) is 1.65. The fourth-order valence-electron chi connectivity index (χ4n) is 0.0471. The number of rotatable bonds is 2. The Labute approximate surface area is 37.3 Å². The molecule has 38 valence electrons. The monoisotopic (exact) mass is 93.1 g/mol. The minimum absolute atomic E-state index is 0.565. The molecule has 3 nitrogen and oxygen atoms in total. The van der Waals surface area contributed by atoms with Crippen molar-refractivity contribution in [2.24, 2.45) is 0 Å². The summed E-state index contributed by atoms with van der Waals surface area (Å²) in [6.07, 6.45) is -1.32. The molecule has 0 radical (unpaired) electrons. The Balaban J connectivity index is 3.14. The van der Waals surface area contributed by atoms with E-state index in [1.54, 1.807) is 0 Å². The third-order valence-electron chi connectivity index (χ3n) is 0.359. The molecule has 2 atom stereocenters. The summed E-state index contributed by atoms with van der Waals surface area (Å²) in [6, 6.07) is 0. The smallest absolute Gasteiger partial charge is 0.100 e. The molecule has 0 aliphatic heterocycles. The SMILES string of the molecule is [2H][C@@H](O)[C@H](O)CO. The quantitative estimate of drug-likeness (QED) is 0.382. The molecule has 0 aliphatic rings. The van der Waals surface area contributed by atoms with Crippen LogP contribution in [0.3, 0.4) is 0 Å². The van der Waals surface area contributed by atoms with Crippen molar-refractivity contribution >= 4 is 0 Å². The van der Waals surface area contributed by atoms with Gasteiger partial charge in [-0.1, -0.05) is 0 Å². The second-order valence-corrected chi connectivity index (χ2v) is 0.899. The van der Waals surface area contributed by atoms with E-state index < -0.39 is 19.3 Å². The van der Waals surface area contributed by atoms with Crippen LogP contribution >= 0.6 is 0 Å². The van der Waals surface area contributed by atoms with Crippen LogP contribution in [0.4, 0.5) is 0 Å². The maximum atomic E-state index is 8.25. The molecule has 0 bridgehead atoms. The van der Waals surface area contributed by atoms with Crippen LogP contribution in [0.25, 0.3) is 0 Å². The van der Waals surface area contributed by atoms with Gasteiger partial charge in [-0.2, -0.15) is 0 Å². The normalized spacial score (nSPS) is 22.2. The molecule has 0 amide bonds. The van der Waals surface area contributed by atoms with Gasteiger partial charge in [0, 0.05) is 0 Å². The van der Waals surface area contributed by atoms with Crippen LogP contribution in [-0.4, -0.2) is 34.6 Å². The van der Waals surface area contributed by atoms with Crippen molar-refractivity contribution in [2.45, 2.75) is 6.10 Å². The van der Waals surface area contributed by atoms with E-state index in [-0.39, 0.29) is 0 Å². The van der Waals surface area contributed by atoms with E-state index in [2.05, 4.69) is 0 Å². The van der Waals surface area contributed by atoms with E-state index in [4.69, 9.17) is 16.7 Å². The van der Waals surface area contributed by atoms with Gasteiger partial charge < -0.3 is 15.3 Å². The number of hydrogen-bond donors (Lipinski definition) is 3. The van der Waals surface area contributed by atoms with E-state index >= 15 is 0 Å². The zero-order chi connectivity index (χ0) is 5.86. The van der Waals surface area contributed by atoms with Gasteiger partial charge in [0.2, 0.25) is 0 Å². The lowest BCUT2D eigenvalue weighted by Crippen LogP contribution is -2.15. The first-order valence-corrected chi connectivity index (χ1v) is 1.57. The van der Waals surface area contributed by atoms with Crippen LogP contribution < -0.4 is 0 Å². The summed E-state index contributed by atoms with van der Waals surface area (Å²) in [5.41, 5.74) is 0. The summed E-state index contributed by atoms with van der Waals surface area (Å²) < 4.78 is 6.33. The zero-order valence-corrected chi connectivity index (χ0v) is 3.20. The Morgan fingerprint density at radius 2 is 2.17 bits per heavy atom. The first-order chi connectivity index (χ1) is 3.18. The molecule has 0 aromatic carbocycles. The Morgan fingerprint density at radius 1 is 1.67 bits per heavy atom. The topological polar surface area (TPSA) is 60.7 Å². The second kappa shape index (κ2) is 3.08. The highest BCUT2D eigenvalue weighted by Crippen LogP contribution is 1.71. The molecule has 3 N–H and O–H groups in total. The second-order valence-electron chi connectivity index (χ2n) is 0.899. The molecule has 0 aromatic rings. The van der Waals surface area contributed by atoms with E-state index in [1.807, 2.05) is 0 Å². The Hall–Kier alpha value is -0.120. The molecule has 0 aliphatic carbocycles. The van der Waals surface area contributed by atoms with Gasteiger partial charge in [0.1, 0.15) is 6.10 Å². The first-order valence-electron chi connectivity index (χ1n) is 2.15. The van der Waals surface area contributed by atoms with Gasteiger partial charge in [-0.3, -0.25) is 0 Å². The summed E-state index contributed by atoms with van der Waals surface area (Å²) in [6.45, 7) is -2.14. The average molecular weight is 93.1 g/mol. The van der Waals surface area contributed by atoms with Gasteiger partial charge in [0.25, 0.3) is 0 Å². The van der Waals surface area contributed by atoms with Crippen molar-refractivity contribution in [3.05, 3.63) is 0 Å². The van der Waals surface area contributed by atoms with Crippen LogP contribution in [0.15, 0.2) is 0 Å². The highest BCUT2D eigenvalue weighted by atomic mass is 16.3. The molecule has 0 aromatic heterocycles. The lowest BCUT2D eigenvalue weighted by molar-refractivity contribution is 0.0450. The van der Waals surface area contributed by atoms with Crippen LogP contribution in [0.5, 0.6) is 0 Å². The molecule has 3 heteroatoms. The van der Waals surface area contributed by atoms with Crippen molar-refractivity contribution in [1.82, 2.24) is 0 Å². The molecular formula is C3H8O3. The first kappa shape index (κ1) is 4.05. The third kappa shape index (κ3) is 2.14. The molecule has 0 fully saturated rings. The predicted octanol–water partition coefficient (Wildman–Crippen LogP) is -1.67. The lowest BCUT2D eigenvalue weighted by Gasteiger charge is -1.96. The van der Waals surface area contributed by atoms with Crippen LogP contribution in [0.1, 0.15) is 1.37 Å². The maximum absolute atomic E-state index is 8.25. The minimum Gasteiger partial charge on any atom is -0.394 e. The van der Waals surface area contributed by atoms with E-state index in [9.17, 15) is 0 Å².